The summed E-state index contributed by atoms with van der Waals surface area (Å²) in [5, 5.41) is 3.04. The maximum atomic E-state index is 14.6. The number of halogens is 1. The van der Waals surface area contributed by atoms with Gasteiger partial charge in [0.1, 0.15) is 5.82 Å². The van der Waals surface area contributed by atoms with E-state index in [0.29, 0.717) is 61.9 Å². The number of rotatable bonds is 6. The zero-order valence-electron chi connectivity index (χ0n) is 20.5. The third-order valence-electron chi connectivity index (χ3n) is 7.73. The van der Waals surface area contributed by atoms with Gasteiger partial charge in [0, 0.05) is 44.8 Å². The molecule has 3 aliphatic rings. The molecule has 2 heterocycles. The number of anilines is 1. The number of ether oxygens (including phenoxy) is 1. The van der Waals surface area contributed by atoms with E-state index in [9.17, 15) is 9.18 Å². The summed E-state index contributed by atoms with van der Waals surface area (Å²) in [6, 6.07) is 13.8. The molecule has 1 N–H and O–H groups in total. The van der Waals surface area contributed by atoms with Gasteiger partial charge >= 0.3 is 0 Å². The van der Waals surface area contributed by atoms with Crippen molar-refractivity contribution < 1.29 is 13.9 Å². The summed E-state index contributed by atoms with van der Waals surface area (Å²) in [7, 11) is 0. The molecule has 0 spiro atoms. The number of amides is 1. The van der Waals surface area contributed by atoms with E-state index in [0.717, 1.165) is 19.6 Å². The van der Waals surface area contributed by atoms with Crippen LogP contribution in [0, 0.1) is 23.6 Å². The summed E-state index contributed by atoms with van der Waals surface area (Å²) in [5.41, 5.74) is 3.85. The molecule has 34 heavy (non-hydrogen) atoms. The molecule has 5 nitrogen and oxygen atoms in total. The molecule has 2 aliphatic heterocycles. The monoisotopic (exact) mass is 465 g/mol. The Morgan fingerprint density at radius 1 is 1.06 bits per heavy atom. The van der Waals surface area contributed by atoms with E-state index in [2.05, 4.69) is 55.3 Å². The smallest absolute Gasteiger partial charge is 0.251 e. The standard InChI is InChI=1S/C28H36FN3O2/c1-28(2,3)21-7-4-19(5-8-21)16-31-17-23-22(24(23)18-31)15-30-27(33)20-6-9-26(25(29)14-20)32-10-12-34-13-11-32/h4-9,14,22-24H,10-13,15-18H2,1-3H3,(H,30,33). The average Bonchev–Trinajstić information content (AvgIpc) is 3.28. The molecule has 2 unspecified atom stereocenters. The minimum atomic E-state index is -0.344. The molecule has 3 fully saturated rings. The van der Waals surface area contributed by atoms with Crippen molar-refractivity contribution in [3.8, 4) is 0 Å². The second-order valence-corrected chi connectivity index (χ2v) is 11.1. The molecule has 182 valence electrons. The Labute approximate surface area is 202 Å². The Hall–Kier alpha value is -2.44. The van der Waals surface area contributed by atoms with Gasteiger partial charge in [-0.15, -0.1) is 0 Å². The molecule has 0 radical (unpaired) electrons. The molecule has 2 atom stereocenters. The van der Waals surface area contributed by atoms with Gasteiger partial charge in [-0.3, -0.25) is 9.69 Å². The SMILES string of the molecule is CC(C)(C)c1ccc(CN2CC3C(CNC(=O)c4ccc(N5CCOCC5)c(F)c4)C3C2)cc1. The first-order valence-corrected chi connectivity index (χ1v) is 12.5. The maximum absolute atomic E-state index is 14.6. The lowest BCUT2D eigenvalue weighted by molar-refractivity contribution is 0.0948. The van der Waals surface area contributed by atoms with Crippen molar-refractivity contribution >= 4 is 11.6 Å². The number of hydrogen-bond donors (Lipinski definition) is 1. The first-order valence-electron chi connectivity index (χ1n) is 12.5. The van der Waals surface area contributed by atoms with Crippen LogP contribution in [0.2, 0.25) is 0 Å². The van der Waals surface area contributed by atoms with Gasteiger partial charge in [-0.1, -0.05) is 45.0 Å². The van der Waals surface area contributed by atoms with Gasteiger partial charge in [0.05, 0.1) is 18.9 Å². The van der Waals surface area contributed by atoms with Crippen LogP contribution >= 0.6 is 0 Å². The number of carbonyl (C=O) groups excluding carboxylic acids is 1. The summed E-state index contributed by atoms with van der Waals surface area (Å²) in [4.78, 5) is 17.1. The first-order chi connectivity index (χ1) is 16.3. The number of fused-ring (bicyclic) bond motifs is 1. The predicted octanol–water partition coefficient (Wildman–Crippen LogP) is 4.07. The number of piperidine rings is 1. The summed E-state index contributed by atoms with van der Waals surface area (Å²) < 4.78 is 20.0. The van der Waals surface area contributed by atoms with E-state index >= 15 is 0 Å². The van der Waals surface area contributed by atoms with E-state index in [1.807, 2.05) is 4.90 Å². The van der Waals surface area contributed by atoms with E-state index in [4.69, 9.17) is 4.74 Å². The Balaban J connectivity index is 1.08. The normalized spacial score (nSPS) is 24.7. The van der Waals surface area contributed by atoms with Crippen molar-refractivity contribution in [2.24, 2.45) is 17.8 Å². The van der Waals surface area contributed by atoms with Crippen LogP contribution in [0.1, 0.15) is 42.3 Å². The molecule has 1 saturated carbocycles. The Kier molecular flexibility index (Phi) is 6.38. The third kappa shape index (κ3) is 4.98. The minimum absolute atomic E-state index is 0.183. The predicted molar refractivity (Wildman–Crippen MR) is 133 cm³/mol. The van der Waals surface area contributed by atoms with Gasteiger partial charge in [-0.2, -0.15) is 0 Å². The fraction of sp³-hybridized carbons (Fsp3) is 0.536. The molecule has 2 aromatic rings. The highest BCUT2D eigenvalue weighted by Crippen LogP contribution is 2.51. The first kappa shape index (κ1) is 23.3. The highest BCUT2D eigenvalue weighted by molar-refractivity contribution is 5.94. The molecule has 2 aromatic carbocycles. The molecular formula is C28H36FN3O2. The van der Waals surface area contributed by atoms with Crippen LogP contribution in [0.15, 0.2) is 42.5 Å². The fourth-order valence-corrected chi connectivity index (χ4v) is 5.56. The highest BCUT2D eigenvalue weighted by Gasteiger charge is 2.55. The Morgan fingerprint density at radius 2 is 1.74 bits per heavy atom. The quantitative estimate of drug-likeness (QED) is 0.699. The minimum Gasteiger partial charge on any atom is -0.378 e. The van der Waals surface area contributed by atoms with Crippen LogP contribution < -0.4 is 10.2 Å². The molecule has 1 amide bonds. The fourth-order valence-electron chi connectivity index (χ4n) is 5.56. The van der Waals surface area contributed by atoms with Crippen LogP contribution in [0.25, 0.3) is 0 Å². The molecule has 0 aromatic heterocycles. The van der Waals surface area contributed by atoms with E-state index in [1.165, 1.54) is 17.2 Å². The number of likely N-dealkylation sites (tertiary alicyclic amines) is 1. The number of hydrogen-bond acceptors (Lipinski definition) is 4. The molecule has 0 bridgehead atoms. The van der Waals surface area contributed by atoms with Gasteiger partial charge in [-0.05, 0) is 52.5 Å². The number of benzene rings is 2. The number of carbonyl (C=O) groups is 1. The van der Waals surface area contributed by atoms with E-state index < -0.39 is 0 Å². The lowest BCUT2D eigenvalue weighted by Crippen LogP contribution is -2.36. The zero-order valence-corrected chi connectivity index (χ0v) is 20.5. The van der Waals surface area contributed by atoms with Crippen molar-refractivity contribution in [3.05, 3.63) is 65.0 Å². The van der Waals surface area contributed by atoms with Gasteiger partial charge < -0.3 is 15.0 Å². The maximum Gasteiger partial charge on any atom is 0.251 e. The number of nitrogens with zero attached hydrogens (tertiary/aromatic N) is 2. The zero-order chi connectivity index (χ0) is 23.9. The molecular weight excluding hydrogens is 429 g/mol. The van der Waals surface area contributed by atoms with Crippen LogP contribution in [-0.2, 0) is 16.7 Å². The molecule has 6 heteroatoms. The average molecular weight is 466 g/mol. The number of morpholine rings is 1. The van der Waals surface area contributed by atoms with E-state index in [1.54, 1.807) is 12.1 Å². The van der Waals surface area contributed by atoms with Crippen molar-refractivity contribution in [3.63, 3.8) is 0 Å². The summed E-state index contributed by atoms with van der Waals surface area (Å²) in [6.45, 7) is 13.1. The lowest BCUT2D eigenvalue weighted by Gasteiger charge is -2.29. The second kappa shape index (κ2) is 9.31. The van der Waals surface area contributed by atoms with Crippen molar-refractivity contribution in [1.82, 2.24) is 10.2 Å². The van der Waals surface area contributed by atoms with Gasteiger partial charge in [0.25, 0.3) is 5.91 Å². The Bertz CT molecular complexity index is 1010. The second-order valence-electron chi connectivity index (χ2n) is 11.1. The number of nitrogens with one attached hydrogen (secondary N) is 1. The molecule has 5 rings (SSSR count). The van der Waals surface area contributed by atoms with Crippen molar-refractivity contribution in [2.45, 2.75) is 32.7 Å². The largest absolute Gasteiger partial charge is 0.378 e. The van der Waals surface area contributed by atoms with Crippen LogP contribution in [0.4, 0.5) is 10.1 Å². The third-order valence-corrected chi connectivity index (χ3v) is 7.73. The van der Waals surface area contributed by atoms with Crippen molar-refractivity contribution in [1.29, 1.82) is 0 Å². The Morgan fingerprint density at radius 3 is 2.35 bits per heavy atom. The van der Waals surface area contributed by atoms with Crippen LogP contribution in [-0.4, -0.2) is 56.7 Å². The molecule has 2 saturated heterocycles. The van der Waals surface area contributed by atoms with Gasteiger partial charge in [-0.25, -0.2) is 4.39 Å². The summed E-state index contributed by atoms with van der Waals surface area (Å²) >= 11 is 0. The lowest BCUT2D eigenvalue weighted by atomic mass is 9.87. The van der Waals surface area contributed by atoms with Crippen molar-refractivity contribution in [2.75, 3.05) is 50.8 Å². The van der Waals surface area contributed by atoms with Gasteiger partial charge in [0.2, 0.25) is 0 Å². The highest BCUT2D eigenvalue weighted by atomic mass is 19.1. The van der Waals surface area contributed by atoms with Gasteiger partial charge in [0.15, 0.2) is 0 Å². The molecule has 1 aliphatic carbocycles. The topological polar surface area (TPSA) is 44.8 Å². The summed E-state index contributed by atoms with van der Waals surface area (Å²) in [5.74, 6) is 1.34. The van der Waals surface area contributed by atoms with Crippen LogP contribution in [0.5, 0.6) is 0 Å². The summed E-state index contributed by atoms with van der Waals surface area (Å²) in [6.07, 6.45) is 0. The van der Waals surface area contributed by atoms with E-state index in [-0.39, 0.29) is 17.1 Å². The van der Waals surface area contributed by atoms with Crippen LogP contribution in [0.3, 0.4) is 0 Å².